The Morgan fingerprint density at radius 1 is 1.43 bits per heavy atom. The molecule has 1 N–H and O–H groups in total. The first-order valence-corrected chi connectivity index (χ1v) is 5.82. The predicted octanol–water partition coefficient (Wildman–Crippen LogP) is 2.67. The Hall–Kier alpha value is -0.480. The maximum absolute atomic E-state index is 5.24. The molecule has 0 spiro atoms. The molecule has 14 heavy (non-hydrogen) atoms. The van der Waals surface area contributed by atoms with Crippen molar-refractivity contribution in [3.63, 3.8) is 0 Å². The normalized spacial score (nSPS) is 32.9. The maximum atomic E-state index is 5.24. The van der Waals surface area contributed by atoms with Gasteiger partial charge in [0.1, 0.15) is 0 Å². The largest absolute Gasteiger partial charge is 0.303 e. The molecule has 0 aromatic rings. The predicted molar refractivity (Wildman–Crippen MR) is 62.0 cm³/mol. The second kappa shape index (κ2) is 5.41. The zero-order chi connectivity index (χ0) is 10.6. The quantitative estimate of drug-likeness (QED) is 0.680. The van der Waals surface area contributed by atoms with Crippen molar-refractivity contribution in [1.82, 2.24) is 5.32 Å². The highest BCUT2D eigenvalue weighted by Gasteiger charge is 2.28. The number of hydrogen-bond donors (Lipinski definition) is 1. The molecule has 3 unspecified atom stereocenters. The molecule has 0 amide bonds. The monoisotopic (exact) mass is 193 g/mol. The molecule has 0 bridgehead atoms. The van der Waals surface area contributed by atoms with Gasteiger partial charge in [0.05, 0.1) is 6.54 Å². The number of hydrogen-bond acceptors (Lipinski definition) is 1. The molecule has 0 heterocycles. The summed E-state index contributed by atoms with van der Waals surface area (Å²) in [4.78, 5) is 0. The smallest absolute Gasteiger partial charge is 0.0575 e. The first-order valence-electron chi connectivity index (χ1n) is 5.82. The highest BCUT2D eigenvalue weighted by Crippen LogP contribution is 2.34. The van der Waals surface area contributed by atoms with Gasteiger partial charge in [0.25, 0.3) is 0 Å². The number of nitrogens with one attached hydrogen (secondary N) is 1. The summed E-state index contributed by atoms with van der Waals surface area (Å²) >= 11 is 0. The van der Waals surface area contributed by atoms with Crippen LogP contribution in [0.3, 0.4) is 0 Å². The van der Waals surface area contributed by atoms with Crippen LogP contribution in [0.5, 0.6) is 0 Å². The second-order valence-corrected chi connectivity index (χ2v) is 4.98. The average Bonchev–Trinajstić information content (AvgIpc) is 2.14. The summed E-state index contributed by atoms with van der Waals surface area (Å²) in [5.74, 6) is 5.25. The van der Waals surface area contributed by atoms with Crippen LogP contribution in [0.25, 0.3) is 0 Å². The van der Waals surface area contributed by atoms with Gasteiger partial charge < -0.3 is 5.32 Å². The average molecular weight is 193 g/mol. The minimum Gasteiger partial charge on any atom is -0.303 e. The zero-order valence-electron chi connectivity index (χ0n) is 9.72. The van der Waals surface area contributed by atoms with Crippen molar-refractivity contribution >= 4 is 0 Å². The summed E-state index contributed by atoms with van der Waals surface area (Å²) in [5.41, 5.74) is 0. The molecule has 1 saturated carbocycles. The molecule has 0 radical (unpaired) electrons. The fraction of sp³-hybridized carbons (Fsp3) is 0.846. The van der Waals surface area contributed by atoms with Crippen molar-refractivity contribution in [3.05, 3.63) is 0 Å². The lowest BCUT2D eigenvalue weighted by molar-refractivity contribution is 0.167. The fourth-order valence-corrected chi connectivity index (χ4v) is 2.80. The molecule has 80 valence electrons. The summed E-state index contributed by atoms with van der Waals surface area (Å²) in [6.07, 6.45) is 9.20. The van der Waals surface area contributed by atoms with Gasteiger partial charge in [0, 0.05) is 6.04 Å². The van der Waals surface area contributed by atoms with Crippen LogP contribution in [0.4, 0.5) is 0 Å². The first kappa shape index (κ1) is 11.6. The summed E-state index contributed by atoms with van der Waals surface area (Å²) < 4.78 is 0. The molecule has 0 aromatic heterocycles. The Kier molecular flexibility index (Phi) is 4.48. The summed E-state index contributed by atoms with van der Waals surface area (Å²) in [6, 6.07) is 0.663. The summed E-state index contributed by atoms with van der Waals surface area (Å²) in [6.45, 7) is 7.80. The molecule has 0 aromatic carbocycles. The molecular formula is C13H23N. The topological polar surface area (TPSA) is 12.0 Å². The lowest BCUT2D eigenvalue weighted by Gasteiger charge is -2.36. The molecule has 0 saturated heterocycles. The molecule has 1 nitrogen and oxygen atoms in total. The van der Waals surface area contributed by atoms with Crippen LogP contribution in [0.15, 0.2) is 0 Å². The Labute approximate surface area is 88.7 Å². The Balaban J connectivity index is 2.35. The van der Waals surface area contributed by atoms with Crippen molar-refractivity contribution in [2.45, 2.75) is 46.1 Å². The maximum Gasteiger partial charge on any atom is 0.0575 e. The van der Waals surface area contributed by atoms with E-state index in [4.69, 9.17) is 6.42 Å². The Bertz CT molecular complexity index is 202. The molecule has 1 aliphatic carbocycles. The van der Waals surface area contributed by atoms with Gasteiger partial charge in [0.2, 0.25) is 0 Å². The molecule has 3 atom stereocenters. The van der Waals surface area contributed by atoms with Crippen molar-refractivity contribution in [1.29, 1.82) is 0 Å². The van der Waals surface area contributed by atoms with Gasteiger partial charge in [-0.3, -0.25) is 0 Å². The van der Waals surface area contributed by atoms with Crippen LogP contribution in [0, 0.1) is 30.1 Å². The standard InChI is InChI=1S/C13H23N/c1-5-8-14-12-6-7-13(10(2)3)11(4)9-12/h1,10-14H,6-9H2,2-4H3. The van der Waals surface area contributed by atoms with E-state index in [1.165, 1.54) is 19.3 Å². The van der Waals surface area contributed by atoms with Crippen molar-refractivity contribution in [2.24, 2.45) is 17.8 Å². The molecule has 0 aliphatic heterocycles. The molecule has 1 heteroatoms. The highest BCUT2D eigenvalue weighted by atomic mass is 14.9. The van der Waals surface area contributed by atoms with Crippen LogP contribution in [-0.4, -0.2) is 12.6 Å². The van der Waals surface area contributed by atoms with Crippen LogP contribution in [-0.2, 0) is 0 Å². The molecular weight excluding hydrogens is 170 g/mol. The van der Waals surface area contributed by atoms with Gasteiger partial charge in [-0.1, -0.05) is 26.7 Å². The van der Waals surface area contributed by atoms with E-state index in [0.717, 1.165) is 24.3 Å². The van der Waals surface area contributed by atoms with Gasteiger partial charge >= 0.3 is 0 Å². The number of rotatable bonds is 3. The fourth-order valence-electron chi connectivity index (χ4n) is 2.80. The van der Waals surface area contributed by atoms with E-state index in [1.54, 1.807) is 0 Å². The number of terminal acetylenes is 1. The second-order valence-electron chi connectivity index (χ2n) is 4.98. The minimum absolute atomic E-state index is 0.663. The molecule has 1 aliphatic rings. The van der Waals surface area contributed by atoms with E-state index >= 15 is 0 Å². The van der Waals surface area contributed by atoms with Crippen molar-refractivity contribution in [3.8, 4) is 12.3 Å². The minimum atomic E-state index is 0.663. The van der Waals surface area contributed by atoms with E-state index in [2.05, 4.69) is 32.0 Å². The Morgan fingerprint density at radius 2 is 2.14 bits per heavy atom. The van der Waals surface area contributed by atoms with E-state index in [-0.39, 0.29) is 0 Å². The van der Waals surface area contributed by atoms with Gasteiger partial charge in [-0.05, 0) is 37.0 Å². The summed E-state index contributed by atoms with van der Waals surface area (Å²) in [7, 11) is 0. The van der Waals surface area contributed by atoms with Crippen LogP contribution >= 0.6 is 0 Å². The Morgan fingerprint density at radius 3 is 2.64 bits per heavy atom. The third-order valence-electron chi connectivity index (χ3n) is 3.58. The van der Waals surface area contributed by atoms with Crippen LogP contribution < -0.4 is 5.32 Å². The SMILES string of the molecule is C#CCNC1CCC(C(C)C)C(C)C1. The van der Waals surface area contributed by atoms with Gasteiger partial charge in [-0.15, -0.1) is 6.42 Å². The van der Waals surface area contributed by atoms with Crippen LogP contribution in [0.2, 0.25) is 0 Å². The molecule has 1 rings (SSSR count). The third kappa shape index (κ3) is 3.03. The lowest BCUT2D eigenvalue weighted by atomic mass is 9.73. The highest BCUT2D eigenvalue weighted by molar-refractivity contribution is 4.90. The van der Waals surface area contributed by atoms with E-state index < -0.39 is 0 Å². The van der Waals surface area contributed by atoms with Gasteiger partial charge in [-0.2, -0.15) is 0 Å². The lowest BCUT2D eigenvalue weighted by Crippen LogP contribution is -2.38. The van der Waals surface area contributed by atoms with Crippen molar-refractivity contribution in [2.75, 3.05) is 6.54 Å². The van der Waals surface area contributed by atoms with Crippen molar-refractivity contribution < 1.29 is 0 Å². The van der Waals surface area contributed by atoms with E-state index in [9.17, 15) is 0 Å². The summed E-state index contributed by atoms with van der Waals surface area (Å²) in [5, 5.41) is 3.43. The van der Waals surface area contributed by atoms with Crippen LogP contribution in [0.1, 0.15) is 40.0 Å². The molecule has 1 fully saturated rings. The first-order chi connectivity index (χ1) is 6.65. The van der Waals surface area contributed by atoms with E-state index in [0.29, 0.717) is 6.04 Å². The van der Waals surface area contributed by atoms with E-state index in [1.807, 2.05) is 0 Å². The van der Waals surface area contributed by atoms with Gasteiger partial charge in [-0.25, -0.2) is 0 Å². The zero-order valence-corrected chi connectivity index (χ0v) is 9.72. The van der Waals surface area contributed by atoms with Gasteiger partial charge in [0.15, 0.2) is 0 Å². The third-order valence-corrected chi connectivity index (χ3v) is 3.58.